The first kappa shape index (κ1) is 17.0. The number of pyridine rings is 1. The number of hydrogen-bond donors (Lipinski definition) is 1. The summed E-state index contributed by atoms with van der Waals surface area (Å²) in [6.07, 6.45) is 5.21. The number of carbonyl (C=O) groups is 1. The van der Waals surface area contributed by atoms with Gasteiger partial charge in [0, 0.05) is 24.0 Å². The van der Waals surface area contributed by atoms with Gasteiger partial charge in [-0.15, -0.1) is 5.10 Å². The van der Waals surface area contributed by atoms with Crippen LogP contribution in [0.4, 0.5) is 5.69 Å². The number of rotatable bonds is 6. The maximum Gasteiger partial charge on any atom is 0.346 e. The number of nitrogens with zero attached hydrogens (tertiary/aromatic N) is 4. The molecule has 0 saturated heterocycles. The van der Waals surface area contributed by atoms with Crippen molar-refractivity contribution in [3.05, 3.63) is 59.3 Å². The monoisotopic (exact) mass is 365 g/mol. The number of aromatic nitrogens is 4. The number of carbonyl (C=O) groups excluding carboxylic acids is 1. The van der Waals surface area contributed by atoms with Gasteiger partial charge in [-0.3, -0.25) is 14.3 Å². The highest BCUT2D eigenvalue weighted by Crippen LogP contribution is 2.36. The van der Waals surface area contributed by atoms with Gasteiger partial charge >= 0.3 is 5.69 Å². The van der Waals surface area contributed by atoms with Crippen molar-refractivity contribution in [2.75, 3.05) is 12.4 Å². The predicted octanol–water partition coefficient (Wildman–Crippen LogP) is 2.09. The maximum atomic E-state index is 12.8. The predicted molar refractivity (Wildman–Crippen MR) is 99.6 cm³/mol. The molecule has 1 saturated carbocycles. The largest absolute Gasteiger partial charge is 0.495 e. The van der Waals surface area contributed by atoms with E-state index in [1.807, 2.05) is 12.1 Å². The van der Waals surface area contributed by atoms with Gasteiger partial charge in [-0.1, -0.05) is 12.1 Å². The smallest absolute Gasteiger partial charge is 0.346 e. The highest BCUT2D eigenvalue weighted by atomic mass is 16.5. The van der Waals surface area contributed by atoms with Crippen LogP contribution in [0, 0.1) is 0 Å². The fourth-order valence-electron chi connectivity index (χ4n) is 2.95. The topological polar surface area (TPSA) is 91.0 Å². The SMILES string of the molecule is COc1ccccc1NC(=O)Cn1nc(-c2cccnc2)n(C2CC2)c1=O. The normalized spacial score (nSPS) is 13.4. The number of hydrogen-bond acceptors (Lipinski definition) is 5. The van der Waals surface area contributed by atoms with Crippen LogP contribution in [0.3, 0.4) is 0 Å². The molecule has 1 amide bonds. The summed E-state index contributed by atoms with van der Waals surface area (Å²) in [6.45, 7) is -0.177. The Morgan fingerprint density at radius 2 is 2.07 bits per heavy atom. The maximum absolute atomic E-state index is 12.8. The number of ether oxygens (including phenoxy) is 1. The average molecular weight is 365 g/mol. The van der Waals surface area contributed by atoms with E-state index >= 15 is 0 Å². The van der Waals surface area contributed by atoms with Gasteiger partial charge in [-0.2, -0.15) is 0 Å². The molecule has 0 aliphatic heterocycles. The molecule has 1 fully saturated rings. The van der Waals surface area contributed by atoms with E-state index in [1.165, 1.54) is 11.8 Å². The van der Waals surface area contributed by atoms with Crippen molar-refractivity contribution < 1.29 is 9.53 Å². The van der Waals surface area contributed by atoms with Crippen LogP contribution in [0.2, 0.25) is 0 Å². The fourth-order valence-corrected chi connectivity index (χ4v) is 2.95. The average Bonchev–Trinajstić information content (AvgIpc) is 3.48. The van der Waals surface area contributed by atoms with Crippen molar-refractivity contribution in [3.8, 4) is 17.1 Å². The summed E-state index contributed by atoms with van der Waals surface area (Å²) in [4.78, 5) is 29.3. The summed E-state index contributed by atoms with van der Waals surface area (Å²) in [6, 6.07) is 10.9. The fraction of sp³-hybridized carbons (Fsp3) is 0.263. The van der Waals surface area contributed by atoms with E-state index < -0.39 is 0 Å². The van der Waals surface area contributed by atoms with Gasteiger partial charge in [0.15, 0.2) is 5.82 Å². The van der Waals surface area contributed by atoms with Crippen LogP contribution in [0.5, 0.6) is 5.75 Å². The van der Waals surface area contributed by atoms with Crippen molar-refractivity contribution in [2.45, 2.75) is 25.4 Å². The first-order valence-corrected chi connectivity index (χ1v) is 8.70. The third-order valence-corrected chi connectivity index (χ3v) is 4.38. The van der Waals surface area contributed by atoms with E-state index in [-0.39, 0.29) is 24.2 Å². The molecule has 3 aromatic rings. The molecule has 0 spiro atoms. The molecule has 8 heteroatoms. The third kappa shape index (κ3) is 3.46. The lowest BCUT2D eigenvalue weighted by molar-refractivity contribution is -0.117. The Morgan fingerprint density at radius 1 is 1.26 bits per heavy atom. The summed E-state index contributed by atoms with van der Waals surface area (Å²) in [5, 5.41) is 7.17. The van der Waals surface area contributed by atoms with Crippen LogP contribution < -0.4 is 15.7 Å². The van der Waals surface area contributed by atoms with Gasteiger partial charge in [0.25, 0.3) is 0 Å². The number of benzene rings is 1. The van der Waals surface area contributed by atoms with E-state index in [0.717, 1.165) is 18.4 Å². The number of nitrogens with one attached hydrogen (secondary N) is 1. The molecule has 1 N–H and O–H groups in total. The summed E-state index contributed by atoms with van der Waals surface area (Å²) in [5.41, 5.74) is 1.02. The molecule has 1 aliphatic rings. The molecule has 1 aliphatic carbocycles. The highest BCUT2D eigenvalue weighted by molar-refractivity contribution is 5.92. The van der Waals surface area contributed by atoms with E-state index in [0.29, 0.717) is 17.3 Å². The zero-order valence-corrected chi connectivity index (χ0v) is 14.8. The highest BCUT2D eigenvalue weighted by Gasteiger charge is 2.30. The molecule has 1 aromatic carbocycles. The second-order valence-electron chi connectivity index (χ2n) is 6.36. The zero-order valence-electron chi connectivity index (χ0n) is 14.8. The van der Waals surface area contributed by atoms with E-state index in [9.17, 15) is 9.59 Å². The van der Waals surface area contributed by atoms with Crippen LogP contribution in [-0.2, 0) is 11.3 Å². The first-order chi connectivity index (χ1) is 13.2. The van der Waals surface area contributed by atoms with E-state index in [1.54, 1.807) is 41.2 Å². The molecular formula is C19H19N5O3. The molecule has 4 rings (SSSR count). The summed E-state index contributed by atoms with van der Waals surface area (Å²) < 4.78 is 8.09. The Balaban J connectivity index is 1.61. The first-order valence-electron chi connectivity index (χ1n) is 8.70. The molecule has 2 heterocycles. The lowest BCUT2D eigenvalue weighted by Gasteiger charge is -2.09. The van der Waals surface area contributed by atoms with E-state index in [2.05, 4.69) is 15.4 Å². The minimum absolute atomic E-state index is 0.138. The lowest BCUT2D eigenvalue weighted by atomic mass is 10.3. The number of methoxy groups -OCH3 is 1. The van der Waals surface area contributed by atoms with Crippen LogP contribution in [0.25, 0.3) is 11.4 Å². The molecule has 0 atom stereocenters. The summed E-state index contributed by atoms with van der Waals surface area (Å²) in [5.74, 6) is 0.748. The number of para-hydroxylation sites is 2. The standard InChI is InChI=1S/C19H19N5O3/c1-27-16-7-3-2-6-15(16)21-17(25)12-23-19(26)24(14-8-9-14)18(22-23)13-5-4-10-20-11-13/h2-7,10-11,14H,8-9,12H2,1H3,(H,21,25). The van der Waals surface area contributed by atoms with Gasteiger partial charge in [0.05, 0.1) is 12.8 Å². The minimum Gasteiger partial charge on any atom is -0.495 e. The van der Waals surface area contributed by atoms with Gasteiger partial charge in [-0.05, 0) is 37.1 Å². The Kier molecular flexibility index (Phi) is 4.45. The van der Waals surface area contributed by atoms with Crippen LogP contribution in [0.15, 0.2) is 53.6 Å². The van der Waals surface area contributed by atoms with Crippen LogP contribution in [-0.4, -0.2) is 32.3 Å². The minimum atomic E-state index is -0.347. The van der Waals surface area contributed by atoms with Crippen molar-refractivity contribution in [3.63, 3.8) is 0 Å². The van der Waals surface area contributed by atoms with Gasteiger partial charge < -0.3 is 10.1 Å². The van der Waals surface area contributed by atoms with E-state index in [4.69, 9.17) is 4.74 Å². The molecule has 138 valence electrons. The van der Waals surface area contributed by atoms with Crippen LogP contribution in [0.1, 0.15) is 18.9 Å². The second-order valence-corrected chi connectivity index (χ2v) is 6.36. The second kappa shape index (κ2) is 7.06. The van der Waals surface area contributed by atoms with Gasteiger partial charge in [-0.25, -0.2) is 9.48 Å². The van der Waals surface area contributed by atoms with Crippen molar-refractivity contribution >= 4 is 11.6 Å². The molecule has 0 bridgehead atoms. The van der Waals surface area contributed by atoms with Crippen molar-refractivity contribution in [1.82, 2.24) is 19.3 Å². The van der Waals surface area contributed by atoms with Gasteiger partial charge in [0.1, 0.15) is 12.3 Å². The molecule has 8 nitrogen and oxygen atoms in total. The number of amides is 1. The Morgan fingerprint density at radius 3 is 2.78 bits per heavy atom. The van der Waals surface area contributed by atoms with Crippen LogP contribution >= 0.6 is 0 Å². The third-order valence-electron chi connectivity index (χ3n) is 4.38. The summed E-state index contributed by atoms with van der Waals surface area (Å²) in [7, 11) is 1.53. The summed E-state index contributed by atoms with van der Waals surface area (Å²) >= 11 is 0. The molecule has 0 unspecified atom stereocenters. The van der Waals surface area contributed by atoms with Crippen molar-refractivity contribution in [1.29, 1.82) is 0 Å². The molecule has 27 heavy (non-hydrogen) atoms. The quantitative estimate of drug-likeness (QED) is 0.722. The zero-order chi connectivity index (χ0) is 18.8. The molecular weight excluding hydrogens is 346 g/mol. The van der Waals surface area contributed by atoms with Crippen molar-refractivity contribution in [2.24, 2.45) is 0 Å². The Bertz CT molecular complexity index is 1020. The van der Waals surface area contributed by atoms with Gasteiger partial charge in [0.2, 0.25) is 5.91 Å². The number of anilines is 1. The lowest BCUT2D eigenvalue weighted by Crippen LogP contribution is -2.30. The molecule has 2 aromatic heterocycles. The Labute approximate surface area is 155 Å². The molecule has 0 radical (unpaired) electrons. The Hall–Kier alpha value is -3.42.